The van der Waals surface area contributed by atoms with Gasteiger partial charge in [-0.3, -0.25) is 9.59 Å². The lowest BCUT2D eigenvalue weighted by Gasteiger charge is -2.07. The molecule has 0 spiro atoms. The quantitative estimate of drug-likeness (QED) is 0.254. The van der Waals surface area contributed by atoms with Crippen LogP contribution in [-0.4, -0.2) is 46.0 Å². The van der Waals surface area contributed by atoms with Gasteiger partial charge in [0, 0.05) is 46.0 Å². The highest BCUT2D eigenvalue weighted by molar-refractivity contribution is 8.45. The summed E-state index contributed by atoms with van der Waals surface area (Å²) in [5.41, 5.74) is 0. The largest absolute Gasteiger partial charge is 0.289 e. The van der Waals surface area contributed by atoms with Crippen LogP contribution in [0.4, 0.5) is 0 Å². The molecule has 0 N–H and O–H groups in total. The molecule has 0 fully saturated rings. The molecule has 0 aromatic carbocycles. The molecular formula is C20H16O2S16. The lowest BCUT2D eigenvalue weighted by atomic mass is 11.0. The summed E-state index contributed by atoms with van der Waals surface area (Å²) < 4.78 is 13.9. The average molecular weight is 801 g/mol. The Labute approximate surface area is 288 Å². The second-order valence-corrected chi connectivity index (χ2v) is 26.9. The lowest BCUT2D eigenvalue weighted by Crippen LogP contribution is -1.88. The van der Waals surface area contributed by atoms with Gasteiger partial charge in [-0.05, 0) is 0 Å². The summed E-state index contributed by atoms with van der Waals surface area (Å²) in [6.45, 7) is 0. The van der Waals surface area contributed by atoms with Crippen LogP contribution in [0, 0.1) is 0 Å². The maximum Gasteiger partial charge on any atom is 0.289 e. The number of thioether (sulfide) groups is 12. The zero-order valence-corrected chi connectivity index (χ0v) is 32.1. The van der Waals surface area contributed by atoms with Crippen molar-refractivity contribution in [2.75, 3.05) is 46.0 Å². The van der Waals surface area contributed by atoms with Crippen molar-refractivity contribution in [3.8, 4) is 0 Å². The van der Waals surface area contributed by atoms with E-state index in [1.165, 1.54) is 87.6 Å². The molecule has 6 bridgehead atoms. The molecule has 4 aliphatic rings. The van der Waals surface area contributed by atoms with Crippen LogP contribution < -0.4 is 8.11 Å². The fourth-order valence-corrected chi connectivity index (χ4v) is 25.9. The number of rotatable bonds is 0. The van der Waals surface area contributed by atoms with Crippen LogP contribution >= 0.6 is 186 Å². The van der Waals surface area contributed by atoms with E-state index in [0.29, 0.717) is 0 Å². The molecule has 2 aromatic rings. The average Bonchev–Trinajstić information content (AvgIpc) is 3.65. The van der Waals surface area contributed by atoms with Gasteiger partial charge in [0.2, 0.25) is 0 Å². The van der Waals surface area contributed by atoms with E-state index in [9.17, 15) is 9.59 Å². The van der Waals surface area contributed by atoms with Crippen molar-refractivity contribution in [3.63, 3.8) is 0 Å². The maximum absolute atomic E-state index is 12.2. The van der Waals surface area contributed by atoms with Crippen LogP contribution in [0.15, 0.2) is 51.8 Å². The summed E-state index contributed by atoms with van der Waals surface area (Å²) >= 11 is 28.9. The minimum Gasteiger partial charge on any atom is -0.265 e. The summed E-state index contributed by atoms with van der Waals surface area (Å²) in [5.74, 6) is 8.23. The van der Waals surface area contributed by atoms with Gasteiger partial charge in [0.05, 0.1) is 42.3 Å². The summed E-state index contributed by atoms with van der Waals surface area (Å²) in [6, 6.07) is 0. The minimum atomic E-state index is 0.217. The third-order valence-electron chi connectivity index (χ3n) is 4.48. The van der Waals surface area contributed by atoms with Crippen LogP contribution in [0.2, 0.25) is 0 Å². The molecule has 0 amide bonds. The van der Waals surface area contributed by atoms with Gasteiger partial charge in [-0.1, -0.05) is 92.4 Å². The van der Waals surface area contributed by atoms with Gasteiger partial charge in [0.25, 0.3) is 8.11 Å². The Bertz CT molecular complexity index is 1190. The maximum atomic E-state index is 12.2. The molecule has 0 aliphatic carbocycles. The van der Waals surface area contributed by atoms with Gasteiger partial charge in [-0.15, -0.1) is 94.1 Å². The molecule has 2 aromatic heterocycles. The number of fused-ring (bicyclic) bond motifs is 6. The SMILES string of the molecule is O=c1sc2c(s1)SCCSC1=C3SCCSc4sc(=O)sc4SCCSC4=C(SCCS2)SC(=C(S1)S3)S4. The topological polar surface area (TPSA) is 34.1 Å². The van der Waals surface area contributed by atoms with Gasteiger partial charge < -0.3 is 0 Å². The normalized spacial score (nSPS) is 22.1. The standard InChI is InChI=1S/C20H16O2S16/c21-19-35-13-14(36-19)28-7-3-25-11-12-26-4-8-30-16-15(37-20(22)38-16)29-6-2-24-10-9(23-1-5-27-13)31-17(32-10)18(33-11)34-12/h1-8H2. The van der Waals surface area contributed by atoms with Crippen molar-refractivity contribution >= 4 is 186 Å². The monoisotopic (exact) mass is 800 g/mol. The van der Waals surface area contributed by atoms with Crippen molar-refractivity contribution in [3.05, 3.63) is 43.1 Å². The van der Waals surface area contributed by atoms with E-state index in [-0.39, 0.29) is 8.11 Å². The Morgan fingerprint density at radius 1 is 0.316 bits per heavy atom. The molecule has 0 atom stereocenters. The second kappa shape index (κ2) is 15.4. The second-order valence-electron chi connectivity index (χ2n) is 6.98. The first-order valence-corrected chi connectivity index (χ1v) is 25.3. The van der Waals surface area contributed by atoms with Gasteiger partial charge in [-0.25, -0.2) is 0 Å². The molecule has 0 radical (unpaired) electrons. The van der Waals surface area contributed by atoms with Crippen molar-refractivity contribution < 1.29 is 0 Å². The Morgan fingerprint density at radius 2 is 0.553 bits per heavy atom. The molecule has 2 nitrogen and oxygen atoms in total. The summed E-state index contributed by atoms with van der Waals surface area (Å²) in [7, 11) is 0. The molecule has 18 heteroatoms. The van der Waals surface area contributed by atoms with E-state index in [0.717, 1.165) is 46.0 Å². The molecule has 0 unspecified atom stereocenters. The van der Waals surface area contributed by atoms with E-state index in [1.807, 2.05) is 141 Å². The summed E-state index contributed by atoms with van der Waals surface area (Å²) in [4.78, 5) is 24.3. The van der Waals surface area contributed by atoms with Gasteiger partial charge in [0.1, 0.15) is 0 Å². The van der Waals surface area contributed by atoms with Crippen LogP contribution in [0.3, 0.4) is 0 Å². The van der Waals surface area contributed by atoms with Crippen molar-refractivity contribution in [1.29, 1.82) is 0 Å². The van der Waals surface area contributed by atoms with Crippen molar-refractivity contribution in [2.45, 2.75) is 16.8 Å². The first-order chi connectivity index (χ1) is 18.6. The Kier molecular flexibility index (Phi) is 12.6. The zero-order valence-electron chi connectivity index (χ0n) is 19.0. The van der Waals surface area contributed by atoms with Crippen LogP contribution in [-0.2, 0) is 0 Å². The van der Waals surface area contributed by atoms with Gasteiger partial charge in [0.15, 0.2) is 0 Å². The predicted octanol–water partition coefficient (Wildman–Crippen LogP) is 11.0. The van der Waals surface area contributed by atoms with Crippen LogP contribution in [0.25, 0.3) is 0 Å². The Balaban J connectivity index is 1.28. The minimum absolute atomic E-state index is 0.217. The van der Waals surface area contributed by atoms with E-state index in [4.69, 9.17) is 0 Å². The van der Waals surface area contributed by atoms with E-state index in [2.05, 4.69) is 0 Å². The van der Waals surface area contributed by atoms with Crippen LogP contribution in [0.1, 0.15) is 0 Å². The van der Waals surface area contributed by atoms with E-state index in [1.54, 1.807) is 0 Å². The molecule has 204 valence electrons. The lowest BCUT2D eigenvalue weighted by molar-refractivity contribution is 1.45. The number of hydrogen-bond acceptors (Lipinski definition) is 18. The van der Waals surface area contributed by atoms with E-state index < -0.39 is 0 Å². The zero-order chi connectivity index (χ0) is 25.9. The highest BCUT2D eigenvalue weighted by atomic mass is 32.3. The van der Waals surface area contributed by atoms with Gasteiger partial charge in [-0.2, -0.15) is 0 Å². The first-order valence-electron chi connectivity index (χ1n) is 10.9. The molecule has 6 rings (SSSR count). The Morgan fingerprint density at radius 3 is 0.816 bits per heavy atom. The third kappa shape index (κ3) is 8.23. The summed E-state index contributed by atoms with van der Waals surface area (Å²) in [5, 5.41) is 0. The van der Waals surface area contributed by atoms with Gasteiger partial charge >= 0.3 is 0 Å². The molecule has 0 saturated heterocycles. The summed E-state index contributed by atoms with van der Waals surface area (Å²) in [6.07, 6.45) is 0. The van der Waals surface area contributed by atoms with Crippen molar-refractivity contribution in [1.82, 2.24) is 0 Å². The first kappa shape index (κ1) is 31.1. The fourth-order valence-electron chi connectivity index (χ4n) is 3.00. The van der Waals surface area contributed by atoms with E-state index >= 15 is 0 Å². The highest BCUT2D eigenvalue weighted by Gasteiger charge is 2.31. The predicted molar refractivity (Wildman–Crippen MR) is 201 cm³/mol. The molecule has 6 heterocycles. The molecule has 38 heavy (non-hydrogen) atoms. The smallest absolute Gasteiger partial charge is 0.265 e. The molecular weight excluding hydrogens is 785 g/mol. The van der Waals surface area contributed by atoms with Crippen LogP contribution in [0.5, 0.6) is 0 Å². The third-order valence-corrected chi connectivity index (χ3v) is 27.3. The Hall–Kier alpha value is 3.12. The molecule has 0 saturated carbocycles. The highest BCUT2D eigenvalue weighted by Crippen LogP contribution is 2.66. The van der Waals surface area contributed by atoms with Crippen molar-refractivity contribution in [2.24, 2.45) is 0 Å². The fraction of sp³-hybridized carbons (Fsp3) is 0.400. The number of hydrogen-bond donors (Lipinski definition) is 0. The molecule has 4 aliphatic heterocycles.